The molecule has 7 nitrogen and oxygen atoms in total. The van der Waals surface area contributed by atoms with Crippen LogP contribution < -0.4 is 14.4 Å². The van der Waals surface area contributed by atoms with Gasteiger partial charge < -0.3 is 19.3 Å². The first-order chi connectivity index (χ1) is 13.5. The van der Waals surface area contributed by atoms with Crippen LogP contribution in [-0.4, -0.2) is 75.7 Å². The van der Waals surface area contributed by atoms with E-state index in [0.29, 0.717) is 36.0 Å². The summed E-state index contributed by atoms with van der Waals surface area (Å²) in [6.45, 7) is 2.08. The Hall–Kier alpha value is -2.80. The van der Waals surface area contributed by atoms with Crippen molar-refractivity contribution >= 4 is 11.7 Å². The van der Waals surface area contributed by atoms with Gasteiger partial charge in [0.25, 0.3) is 5.91 Å². The molecule has 3 rings (SSSR count). The average molecular weight is 384 g/mol. The molecule has 1 aromatic carbocycles. The Morgan fingerprint density at radius 1 is 1.14 bits per heavy atom. The third kappa shape index (κ3) is 3.89. The highest BCUT2D eigenvalue weighted by Crippen LogP contribution is 2.33. The summed E-state index contributed by atoms with van der Waals surface area (Å²) in [7, 11) is 9.14. The maximum absolute atomic E-state index is 13.2. The van der Waals surface area contributed by atoms with Crippen LogP contribution >= 0.6 is 0 Å². The highest BCUT2D eigenvalue weighted by atomic mass is 16.5. The van der Waals surface area contributed by atoms with E-state index >= 15 is 0 Å². The zero-order valence-electron chi connectivity index (χ0n) is 17.2. The molecule has 0 radical (unpaired) electrons. The number of carbonyl (C=O) groups excluding carboxylic acids is 1. The van der Waals surface area contributed by atoms with Crippen molar-refractivity contribution in [2.24, 2.45) is 0 Å². The van der Waals surface area contributed by atoms with E-state index in [-0.39, 0.29) is 11.9 Å². The van der Waals surface area contributed by atoms with Crippen LogP contribution in [0.5, 0.6) is 11.5 Å². The van der Waals surface area contributed by atoms with Gasteiger partial charge in [0.2, 0.25) is 0 Å². The molecule has 1 unspecified atom stereocenters. The van der Waals surface area contributed by atoms with E-state index in [4.69, 9.17) is 9.47 Å². The fourth-order valence-corrected chi connectivity index (χ4v) is 3.57. The number of ether oxygens (including phenoxy) is 2. The molecule has 1 fully saturated rings. The molecule has 0 aliphatic carbocycles. The van der Waals surface area contributed by atoms with Gasteiger partial charge >= 0.3 is 0 Å². The van der Waals surface area contributed by atoms with Gasteiger partial charge in [0.05, 0.1) is 25.8 Å². The van der Waals surface area contributed by atoms with Gasteiger partial charge in [0.15, 0.2) is 11.5 Å². The third-order valence-corrected chi connectivity index (χ3v) is 5.17. The minimum absolute atomic E-state index is 0.00961. The summed E-state index contributed by atoms with van der Waals surface area (Å²) in [6.07, 6.45) is 1.71. The van der Waals surface area contributed by atoms with Gasteiger partial charge in [-0.25, -0.2) is 4.98 Å². The van der Waals surface area contributed by atoms with Crippen LogP contribution in [0.25, 0.3) is 0 Å². The summed E-state index contributed by atoms with van der Waals surface area (Å²) < 4.78 is 10.8. The Morgan fingerprint density at radius 2 is 1.89 bits per heavy atom. The van der Waals surface area contributed by atoms with Crippen LogP contribution in [-0.2, 0) is 0 Å². The highest BCUT2D eigenvalue weighted by molar-refractivity contribution is 5.99. The number of amides is 1. The predicted octanol–water partition coefficient (Wildman–Crippen LogP) is 2.29. The summed E-state index contributed by atoms with van der Waals surface area (Å²) in [5, 5.41) is 0. The second kappa shape index (κ2) is 8.48. The molecule has 2 aromatic rings. The van der Waals surface area contributed by atoms with Gasteiger partial charge in [-0.15, -0.1) is 0 Å². The molecule has 1 aromatic heterocycles. The first-order valence-electron chi connectivity index (χ1n) is 9.30. The molecule has 1 aliphatic heterocycles. The summed E-state index contributed by atoms with van der Waals surface area (Å²) in [5.74, 6) is 2.09. The van der Waals surface area contributed by atoms with E-state index in [2.05, 4.69) is 16.9 Å². The number of benzene rings is 1. The van der Waals surface area contributed by atoms with Gasteiger partial charge in [-0.05, 0) is 36.9 Å². The smallest absolute Gasteiger partial charge is 0.257 e. The van der Waals surface area contributed by atoms with Crippen molar-refractivity contribution in [3.63, 3.8) is 0 Å². The first-order valence-corrected chi connectivity index (χ1v) is 9.30. The van der Waals surface area contributed by atoms with Crippen LogP contribution in [0.3, 0.4) is 0 Å². The lowest BCUT2D eigenvalue weighted by molar-refractivity contribution is 0.0546. The number of rotatable bonds is 5. The van der Waals surface area contributed by atoms with E-state index in [1.807, 2.05) is 54.2 Å². The molecule has 2 heterocycles. The molecule has 7 heteroatoms. The second-order valence-electron chi connectivity index (χ2n) is 7.13. The fraction of sp³-hybridized carbons (Fsp3) is 0.429. The molecular formula is C21H28N4O3. The summed E-state index contributed by atoms with van der Waals surface area (Å²) in [6, 6.07) is 9.66. The maximum atomic E-state index is 13.2. The largest absolute Gasteiger partial charge is 0.493 e. The zero-order chi connectivity index (χ0) is 20.3. The molecule has 1 amide bonds. The number of likely N-dealkylation sites (N-methyl/N-ethyl adjacent to an activating group) is 1. The van der Waals surface area contributed by atoms with Crippen molar-refractivity contribution in [2.45, 2.75) is 6.04 Å². The van der Waals surface area contributed by atoms with Gasteiger partial charge in [0, 0.05) is 39.9 Å². The number of hydrogen-bond donors (Lipinski definition) is 0. The van der Waals surface area contributed by atoms with Crippen molar-refractivity contribution in [1.29, 1.82) is 0 Å². The van der Waals surface area contributed by atoms with Gasteiger partial charge in [-0.3, -0.25) is 9.69 Å². The van der Waals surface area contributed by atoms with Gasteiger partial charge in [0.1, 0.15) is 5.82 Å². The second-order valence-corrected chi connectivity index (χ2v) is 7.13. The lowest BCUT2D eigenvalue weighted by atomic mass is 10.0. The lowest BCUT2D eigenvalue weighted by Crippen LogP contribution is -2.49. The topological polar surface area (TPSA) is 58.1 Å². The Labute approximate surface area is 166 Å². The molecule has 0 bridgehead atoms. The van der Waals surface area contributed by atoms with E-state index in [1.165, 1.54) is 0 Å². The minimum Gasteiger partial charge on any atom is -0.493 e. The Bertz CT molecular complexity index is 840. The number of aromatic nitrogens is 1. The monoisotopic (exact) mass is 384 g/mol. The lowest BCUT2D eigenvalue weighted by Gasteiger charge is -2.40. The van der Waals surface area contributed by atoms with Crippen LogP contribution in [0.1, 0.15) is 22.0 Å². The van der Waals surface area contributed by atoms with Gasteiger partial charge in [-0.2, -0.15) is 0 Å². The van der Waals surface area contributed by atoms with Crippen LogP contribution in [0.2, 0.25) is 0 Å². The van der Waals surface area contributed by atoms with Crippen molar-refractivity contribution in [3.05, 3.63) is 47.7 Å². The average Bonchev–Trinajstić information content (AvgIpc) is 2.73. The summed E-state index contributed by atoms with van der Waals surface area (Å²) in [4.78, 5) is 23.6. The zero-order valence-corrected chi connectivity index (χ0v) is 17.2. The normalized spacial score (nSPS) is 17.3. The molecule has 1 atom stereocenters. The van der Waals surface area contributed by atoms with Crippen LogP contribution in [0.4, 0.5) is 5.82 Å². The minimum atomic E-state index is 0.00961. The van der Waals surface area contributed by atoms with Crippen LogP contribution in [0, 0.1) is 0 Å². The molecule has 28 heavy (non-hydrogen) atoms. The molecule has 1 saturated heterocycles. The quantitative estimate of drug-likeness (QED) is 0.788. The molecule has 150 valence electrons. The highest BCUT2D eigenvalue weighted by Gasteiger charge is 2.30. The number of hydrogen-bond acceptors (Lipinski definition) is 6. The maximum Gasteiger partial charge on any atom is 0.257 e. The molecule has 0 N–H and O–H groups in total. The summed E-state index contributed by atoms with van der Waals surface area (Å²) in [5.41, 5.74) is 1.72. The number of pyridine rings is 1. The third-order valence-electron chi connectivity index (χ3n) is 5.17. The number of anilines is 1. The van der Waals surface area contributed by atoms with Crippen molar-refractivity contribution in [2.75, 3.05) is 59.9 Å². The number of methoxy groups -OCH3 is 2. The summed E-state index contributed by atoms with van der Waals surface area (Å²) >= 11 is 0. The van der Waals surface area contributed by atoms with Crippen molar-refractivity contribution in [1.82, 2.24) is 14.8 Å². The SMILES string of the molecule is COc1ccc(C2CN(C(=O)c3cccnc3N(C)C)CCN2C)cc1OC. The van der Waals surface area contributed by atoms with Crippen molar-refractivity contribution < 1.29 is 14.3 Å². The van der Waals surface area contributed by atoms with E-state index in [1.54, 1.807) is 20.4 Å². The van der Waals surface area contributed by atoms with E-state index in [0.717, 1.165) is 12.1 Å². The predicted molar refractivity (Wildman–Crippen MR) is 109 cm³/mol. The number of carbonyl (C=O) groups is 1. The number of piperazine rings is 1. The Morgan fingerprint density at radius 3 is 2.57 bits per heavy atom. The standard InChI is InChI=1S/C21H28N4O3/c1-23(2)20-16(7-6-10-22-20)21(26)25-12-11-24(3)17(14-25)15-8-9-18(27-4)19(13-15)28-5/h6-10,13,17H,11-12,14H2,1-5H3. The van der Waals surface area contributed by atoms with E-state index < -0.39 is 0 Å². The first kappa shape index (κ1) is 19.9. The van der Waals surface area contributed by atoms with Crippen LogP contribution in [0.15, 0.2) is 36.5 Å². The molecule has 0 saturated carbocycles. The number of nitrogens with zero attached hydrogens (tertiary/aromatic N) is 4. The van der Waals surface area contributed by atoms with Crippen molar-refractivity contribution in [3.8, 4) is 11.5 Å². The Balaban J connectivity index is 1.86. The Kier molecular flexibility index (Phi) is 6.04. The molecule has 1 aliphatic rings. The molecule has 0 spiro atoms. The van der Waals surface area contributed by atoms with E-state index in [9.17, 15) is 4.79 Å². The fourth-order valence-electron chi connectivity index (χ4n) is 3.57. The molecular weight excluding hydrogens is 356 g/mol. The van der Waals surface area contributed by atoms with Gasteiger partial charge in [-0.1, -0.05) is 6.07 Å².